The highest BCUT2D eigenvalue weighted by atomic mass is 32.2. The molecule has 3 saturated heterocycles. The molecule has 3 fully saturated rings. The minimum Gasteiger partial charge on any atom is -0.444 e. The van der Waals surface area contributed by atoms with Crippen LogP contribution in [0.2, 0.25) is 0 Å². The number of thioether (sulfide) groups is 2. The van der Waals surface area contributed by atoms with Crippen LogP contribution in [0.3, 0.4) is 0 Å². The zero-order valence-electron chi connectivity index (χ0n) is 22.5. The van der Waals surface area contributed by atoms with E-state index in [1.165, 1.54) is 0 Å². The quantitative estimate of drug-likeness (QED) is 0.455. The first kappa shape index (κ1) is 29.4. The molecule has 0 aromatic carbocycles. The molecule has 0 unspecified atom stereocenters. The Balaban J connectivity index is 1.80. The SMILES string of the molecule is CC(C)(C)OC(=O)N[C@H](C(=O)N1CC2(C[C@H]1C(=O)N[C@H](C#N)C[C@@H]1CCNC1=O)SCCS2)C(C)(C)C. The fraction of sp³-hybridized carbons (Fsp3) is 0.800. The molecule has 0 aromatic rings. The molecule has 0 bridgehead atoms. The molecule has 206 valence electrons. The molecule has 0 aromatic heterocycles. The van der Waals surface area contributed by atoms with Gasteiger partial charge in [-0.05, 0) is 39.0 Å². The maximum Gasteiger partial charge on any atom is 0.408 e. The molecule has 3 aliphatic rings. The normalized spacial score (nSPS) is 24.8. The van der Waals surface area contributed by atoms with Crippen LogP contribution < -0.4 is 16.0 Å². The smallest absolute Gasteiger partial charge is 0.408 e. The molecule has 1 spiro atoms. The summed E-state index contributed by atoms with van der Waals surface area (Å²) >= 11 is 3.49. The molecule has 4 atom stereocenters. The fourth-order valence-electron chi connectivity index (χ4n) is 4.82. The Hall–Kier alpha value is -2.13. The maximum atomic E-state index is 14.0. The summed E-state index contributed by atoms with van der Waals surface area (Å²) in [6, 6.07) is -0.438. The lowest BCUT2D eigenvalue weighted by atomic mass is 9.85. The highest BCUT2D eigenvalue weighted by Gasteiger charge is 2.53. The van der Waals surface area contributed by atoms with Crippen molar-refractivity contribution in [3.63, 3.8) is 0 Å². The minimum absolute atomic E-state index is 0.105. The van der Waals surface area contributed by atoms with Crippen LogP contribution in [0, 0.1) is 22.7 Å². The van der Waals surface area contributed by atoms with Crippen molar-refractivity contribution >= 4 is 47.3 Å². The van der Waals surface area contributed by atoms with Crippen molar-refractivity contribution in [3.8, 4) is 6.07 Å². The Kier molecular flexibility index (Phi) is 9.00. The third-order valence-corrected chi connectivity index (χ3v) is 10.0. The first-order chi connectivity index (χ1) is 17.1. The molecule has 3 N–H and O–H groups in total. The topological polar surface area (TPSA) is 141 Å². The van der Waals surface area contributed by atoms with E-state index in [2.05, 4.69) is 22.0 Å². The van der Waals surface area contributed by atoms with Gasteiger partial charge in [-0.1, -0.05) is 20.8 Å². The van der Waals surface area contributed by atoms with Gasteiger partial charge in [0.2, 0.25) is 17.7 Å². The average Bonchev–Trinajstić information content (AvgIpc) is 3.50. The van der Waals surface area contributed by atoms with E-state index in [0.29, 0.717) is 25.9 Å². The number of hydrogen-bond donors (Lipinski definition) is 3. The number of rotatable bonds is 6. The highest BCUT2D eigenvalue weighted by Crippen LogP contribution is 2.52. The second kappa shape index (κ2) is 11.3. The molecular formula is C25H39N5O5S2. The number of amides is 4. The van der Waals surface area contributed by atoms with Crippen molar-refractivity contribution < 1.29 is 23.9 Å². The number of carbonyl (C=O) groups is 4. The third-order valence-electron chi connectivity index (χ3n) is 6.62. The first-order valence-corrected chi connectivity index (χ1v) is 14.7. The van der Waals surface area contributed by atoms with Gasteiger partial charge in [0.25, 0.3) is 0 Å². The number of nitriles is 1. The van der Waals surface area contributed by atoms with Gasteiger partial charge in [-0.3, -0.25) is 14.4 Å². The van der Waals surface area contributed by atoms with Gasteiger partial charge in [-0.25, -0.2) is 4.79 Å². The number of ether oxygens (including phenoxy) is 1. The summed E-state index contributed by atoms with van der Waals surface area (Å²) in [6.45, 7) is 11.7. The molecule has 3 aliphatic heterocycles. The van der Waals surface area contributed by atoms with Crippen LogP contribution in [-0.2, 0) is 19.1 Å². The Morgan fingerprint density at radius 2 is 1.84 bits per heavy atom. The Labute approximate surface area is 227 Å². The fourth-order valence-corrected chi connectivity index (χ4v) is 8.07. The van der Waals surface area contributed by atoms with Crippen LogP contribution in [0.15, 0.2) is 0 Å². The van der Waals surface area contributed by atoms with Crippen LogP contribution in [0.1, 0.15) is 60.8 Å². The third kappa shape index (κ3) is 7.47. The van der Waals surface area contributed by atoms with Crippen LogP contribution in [0.25, 0.3) is 0 Å². The molecule has 0 saturated carbocycles. The van der Waals surface area contributed by atoms with Crippen molar-refractivity contribution in [2.45, 2.75) is 88.6 Å². The van der Waals surface area contributed by atoms with E-state index < -0.39 is 41.1 Å². The van der Waals surface area contributed by atoms with E-state index in [1.807, 2.05) is 20.8 Å². The summed E-state index contributed by atoms with van der Waals surface area (Å²) in [4.78, 5) is 53.6. The predicted molar refractivity (Wildman–Crippen MR) is 144 cm³/mol. The summed E-state index contributed by atoms with van der Waals surface area (Å²) in [5.74, 6) is 0.669. The van der Waals surface area contributed by atoms with Gasteiger partial charge in [0.05, 0.1) is 10.1 Å². The zero-order chi connectivity index (χ0) is 27.6. The predicted octanol–water partition coefficient (Wildman–Crippen LogP) is 2.24. The second-order valence-corrected chi connectivity index (χ2v) is 15.2. The lowest BCUT2D eigenvalue weighted by Gasteiger charge is -2.36. The molecule has 3 heterocycles. The lowest BCUT2D eigenvalue weighted by molar-refractivity contribution is -0.142. The van der Waals surface area contributed by atoms with E-state index in [-0.39, 0.29) is 28.2 Å². The molecule has 4 amide bonds. The zero-order valence-corrected chi connectivity index (χ0v) is 24.1. The van der Waals surface area contributed by atoms with Gasteiger partial charge in [-0.15, -0.1) is 23.5 Å². The highest BCUT2D eigenvalue weighted by molar-refractivity contribution is 8.21. The van der Waals surface area contributed by atoms with Gasteiger partial charge in [0.1, 0.15) is 23.7 Å². The first-order valence-electron chi connectivity index (χ1n) is 12.7. The molecule has 12 heteroatoms. The summed E-state index contributed by atoms with van der Waals surface area (Å²) in [5.41, 5.74) is -1.37. The minimum atomic E-state index is -0.918. The van der Waals surface area contributed by atoms with Gasteiger partial charge in [-0.2, -0.15) is 5.26 Å². The summed E-state index contributed by atoms with van der Waals surface area (Å²) in [5, 5.41) is 18.0. The average molecular weight is 554 g/mol. The van der Waals surface area contributed by atoms with Crippen LogP contribution in [0.4, 0.5) is 4.79 Å². The van der Waals surface area contributed by atoms with E-state index in [1.54, 1.807) is 49.2 Å². The van der Waals surface area contributed by atoms with Gasteiger partial charge >= 0.3 is 6.09 Å². The molecule has 37 heavy (non-hydrogen) atoms. The van der Waals surface area contributed by atoms with E-state index in [0.717, 1.165) is 11.5 Å². The Morgan fingerprint density at radius 3 is 2.35 bits per heavy atom. The van der Waals surface area contributed by atoms with Crippen LogP contribution >= 0.6 is 23.5 Å². The van der Waals surface area contributed by atoms with Crippen molar-refractivity contribution in [3.05, 3.63) is 0 Å². The van der Waals surface area contributed by atoms with Gasteiger partial charge < -0.3 is 25.6 Å². The van der Waals surface area contributed by atoms with Crippen molar-refractivity contribution in [1.29, 1.82) is 5.26 Å². The van der Waals surface area contributed by atoms with Crippen LogP contribution in [0.5, 0.6) is 0 Å². The monoisotopic (exact) mass is 553 g/mol. The van der Waals surface area contributed by atoms with Crippen molar-refractivity contribution in [2.75, 3.05) is 24.6 Å². The number of nitrogens with one attached hydrogen (secondary N) is 3. The molecule has 0 aliphatic carbocycles. The maximum absolute atomic E-state index is 14.0. The van der Waals surface area contributed by atoms with Crippen molar-refractivity contribution in [1.82, 2.24) is 20.9 Å². The Bertz CT molecular complexity index is 949. The van der Waals surface area contributed by atoms with E-state index in [4.69, 9.17) is 4.74 Å². The van der Waals surface area contributed by atoms with Crippen molar-refractivity contribution in [2.24, 2.45) is 11.3 Å². The number of likely N-dealkylation sites (tertiary alicyclic amines) is 1. The number of hydrogen-bond acceptors (Lipinski definition) is 8. The van der Waals surface area contributed by atoms with Crippen LogP contribution in [-0.4, -0.2) is 81.1 Å². The number of alkyl carbamates (subject to hydrolysis) is 1. The molecule has 3 rings (SSSR count). The lowest BCUT2D eigenvalue weighted by Crippen LogP contribution is -2.58. The molecule has 0 radical (unpaired) electrons. The Morgan fingerprint density at radius 1 is 1.19 bits per heavy atom. The van der Waals surface area contributed by atoms with Gasteiger partial charge in [0.15, 0.2) is 0 Å². The molecule has 10 nitrogen and oxygen atoms in total. The summed E-state index contributed by atoms with van der Waals surface area (Å²) in [7, 11) is 0. The standard InChI is InChI=1S/C25H39N5O5S2/c1-23(2,3)18(29-22(34)35-24(4,5)6)21(33)30-14-25(36-9-10-37-25)12-17(30)20(32)28-16(13-26)11-15-7-8-27-19(15)31/h15-18H,7-12,14H2,1-6H3,(H,27,31)(H,28,32)(H,29,34)/t15-,16-,17-,18+/m0/s1. The van der Waals surface area contributed by atoms with E-state index in [9.17, 15) is 24.4 Å². The largest absolute Gasteiger partial charge is 0.444 e. The summed E-state index contributed by atoms with van der Waals surface area (Å²) in [6.07, 6.45) is 0.611. The molecular weight excluding hydrogens is 514 g/mol. The second-order valence-electron chi connectivity index (χ2n) is 11.9. The number of nitrogens with zero attached hydrogens (tertiary/aromatic N) is 2. The number of carbonyl (C=O) groups excluding carboxylic acids is 4. The van der Waals surface area contributed by atoms with E-state index >= 15 is 0 Å². The summed E-state index contributed by atoms with van der Waals surface area (Å²) < 4.78 is 5.10. The van der Waals surface area contributed by atoms with Gasteiger partial charge in [0, 0.05) is 36.9 Å².